The summed E-state index contributed by atoms with van der Waals surface area (Å²) in [6, 6.07) is 16.9. The van der Waals surface area contributed by atoms with Gasteiger partial charge in [0.15, 0.2) is 5.58 Å². The highest BCUT2D eigenvalue weighted by molar-refractivity contribution is 5.87. The molecule has 0 aliphatic carbocycles. The van der Waals surface area contributed by atoms with Gasteiger partial charge in [-0.1, -0.05) is 42.5 Å². The van der Waals surface area contributed by atoms with Crippen LogP contribution in [0.1, 0.15) is 18.4 Å². The lowest BCUT2D eigenvalue weighted by molar-refractivity contribution is 0.208. The van der Waals surface area contributed by atoms with Crippen molar-refractivity contribution < 1.29 is 9.21 Å². The smallest absolute Gasteiger partial charge is 0.407 e. The SMILES string of the molecule is CN(CCCCc1ccccc1)C(=O)n1c(=O)oc2ccccc21. The Balaban J connectivity index is 1.60. The van der Waals surface area contributed by atoms with Gasteiger partial charge in [-0.25, -0.2) is 9.59 Å². The fourth-order valence-corrected chi connectivity index (χ4v) is 2.74. The Labute approximate surface area is 140 Å². The molecule has 0 aliphatic heterocycles. The van der Waals surface area contributed by atoms with Crippen LogP contribution in [0.2, 0.25) is 0 Å². The lowest BCUT2D eigenvalue weighted by Crippen LogP contribution is -2.36. The Morgan fingerprint density at radius 1 is 1.04 bits per heavy atom. The molecular formula is C19H20N2O3. The molecule has 1 heterocycles. The zero-order chi connectivity index (χ0) is 16.9. The maximum Gasteiger partial charge on any atom is 0.428 e. The minimum absolute atomic E-state index is 0.357. The number of nitrogens with zero attached hydrogens (tertiary/aromatic N) is 2. The first-order valence-corrected chi connectivity index (χ1v) is 8.07. The van der Waals surface area contributed by atoms with Gasteiger partial charge in [-0.3, -0.25) is 0 Å². The van der Waals surface area contributed by atoms with Crippen LogP contribution < -0.4 is 5.76 Å². The van der Waals surface area contributed by atoms with E-state index >= 15 is 0 Å². The van der Waals surface area contributed by atoms with E-state index in [4.69, 9.17) is 4.42 Å². The molecule has 5 heteroatoms. The van der Waals surface area contributed by atoms with Gasteiger partial charge in [0.2, 0.25) is 0 Å². The molecule has 0 atom stereocenters. The third-order valence-electron chi connectivity index (χ3n) is 4.06. The molecule has 24 heavy (non-hydrogen) atoms. The van der Waals surface area contributed by atoms with Crippen LogP contribution in [0.5, 0.6) is 0 Å². The second-order valence-corrected chi connectivity index (χ2v) is 5.82. The number of carbonyl (C=O) groups is 1. The molecule has 0 bridgehead atoms. The molecule has 1 amide bonds. The Morgan fingerprint density at radius 2 is 1.75 bits per heavy atom. The van der Waals surface area contributed by atoms with Gasteiger partial charge in [-0.2, -0.15) is 4.57 Å². The summed E-state index contributed by atoms with van der Waals surface area (Å²) in [6.07, 6.45) is 2.85. The van der Waals surface area contributed by atoms with Crippen LogP contribution in [0.3, 0.4) is 0 Å². The molecule has 0 unspecified atom stereocenters. The number of para-hydroxylation sites is 2. The molecule has 2 aromatic carbocycles. The van der Waals surface area contributed by atoms with Crippen molar-refractivity contribution in [2.75, 3.05) is 13.6 Å². The molecule has 3 aromatic rings. The van der Waals surface area contributed by atoms with Gasteiger partial charge in [-0.15, -0.1) is 0 Å². The van der Waals surface area contributed by atoms with E-state index in [1.165, 1.54) is 5.56 Å². The van der Waals surface area contributed by atoms with Crippen molar-refractivity contribution in [1.29, 1.82) is 0 Å². The minimum Gasteiger partial charge on any atom is -0.407 e. The van der Waals surface area contributed by atoms with Crippen LogP contribution in [0.25, 0.3) is 11.1 Å². The highest BCUT2D eigenvalue weighted by Crippen LogP contribution is 2.13. The lowest BCUT2D eigenvalue weighted by atomic mass is 10.1. The van der Waals surface area contributed by atoms with Crippen molar-refractivity contribution in [3.63, 3.8) is 0 Å². The summed E-state index contributed by atoms with van der Waals surface area (Å²) in [4.78, 5) is 26.0. The molecule has 5 nitrogen and oxygen atoms in total. The van der Waals surface area contributed by atoms with Crippen LogP contribution in [0.4, 0.5) is 4.79 Å². The summed E-state index contributed by atoms with van der Waals surface area (Å²) in [7, 11) is 1.71. The zero-order valence-corrected chi connectivity index (χ0v) is 13.6. The first kappa shape index (κ1) is 16.1. The van der Waals surface area contributed by atoms with E-state index < -0.39 is 5.76 Å². The number of benzene rings is 2. The monoisotopic (exact) mass is 324 g/mol. The largest absolute Gasteiger partial charge is 0.428 e. The predicted molar refractivity (Wildman–Crippen MR) is 93.3 cm³/mol. The van der Waals surface area contributed by atoms with Crippen LogP contribution >= 0.6 is 0 Å². The number of hydrogen-bond acceptors (Lipinski definition) is 3. The molecular weight excluding hydrogens is 304 g/mol. The Kier molecular flexibility index (Phi) is 4.79. The van der Waals surface area contributed by atoms with E-state index in [2.05, 4.69) is 12.1 Å². The second-order valence-electron chi connectivity index (χ2n) is 5.82. The van der Waals surface area contributed by atoms with Crippen LogP contribution in [-0.4, -0.2) is 29.1 Å². The number of aromatic nitrogens is 1. The normalized spacial score (nSPS) is 10.9. The van der Waals surface area contributed by atoms with Crippen molar-refractivity contribution in [3.05, 3.63) is 70.7 Å². The Hall–Kier alpha value is -2.82. The lowest BCUT2D eigenvalue weighted by Gasteiger charge is -2.16. The number of hydrogen-bond donors (Lipinski definition) is 0. The highest BCUT2D eigenvalue weighted by atomic mass is 16.4. The number of amides is 1. The number of aryl methyl sites for hydroxylation is 1. The number of rotatable bonds is 5. The van der Waals surface area contributed by atoms with E-state index in [-0.39, 0.29) is 6.03 Å². The highest BCUT2D eigenvalue weighted by Gasteiger charge is 2.18. The Morgan fingerprint density at radius 3 is 2.54 bits per heavy atom. The molecule has 0 spiro atoms. The molecule has 0 fully saturated rings. The van der Waals surface area contributed by atoms with Crippen molar-refractivity contribution in [1.82, 2.24) is 9.47 Å². The van der Waals surface area contributed by atoms with Crippen LogP contribution in [0, 0.1) is 0 Å². The summed E-state index contributed by atoms with van der Waals surface area (Å²) in [5.41, 5.74) is 2.22. The van der Waals surface area contributed by atoms with E-state index in [1.54, 1.807) is 36.2 Å². The van der Waals surface area contributed by atoms with Gasteiger partial charge in [-0.05, 0) is 37.0 Å². The molecule has 0 aliphatic rings. The molecule has 1 aromatic heterocycles. The number of fused-ring (bicyclic) bond motifs is 1. The maximum atomic E-state index is 12.5. The van der Waals surface area contributed by atoms with Gasteiger partial charge < -0.3 is 9.32 Å². The second kappa shape index (κ2) is 7.17. The van der Waals surface area contributed by atoms with Gasteiger partial charge in [0.1, 0.15) is 0 Å². The molecule has 0 N–H and O–H groups in total. The van der Waals surface area contributed by atoms with E-state index in [0.717, 1.165) is 23.8 Å². The summed E-state index contributed by atoms with van der Waals surface area (Å²) < 4.78 is 6.20. The fraction of sp³-hybridized carbons (Fsp3) is 0.263. The summed E-state index contributed by atoms with van der Waals surface area (Å²) in [6.45, 7) is 0.595. The topological polar surface area (TPSA) is 55.5 Å². The average Bonchev–Trinajstić information content (AvgIpc) is 2.94. The molecule has 0 radical (unpaired) electrons. The molecule has 124 valence electrons. The van der Waals surface area contributed by atoms with Crippen molar-refractivity contribution >= 4 is 17.1 Å². The summed E-state index contributed by atoms with van der Waals surface area (Å²) in [5, 5.41) is 0. The van der Waals surface area contributed by atoms with Gasteiger partial charge in [0, 0.05) is 13.6 Å². The third kappa shape index (κ3) is 3.40. The number of oxazole rings is 1. The van der Waals surface area contributed by atoms with Crippen LogP contribution in [-0.2, 0) is 6.42 Å². The predicted octanol–water partition coefficient (Wildman–Crippen LogP) is 3.52. The van der Waals surface area contributed by atoms with E-state index in [0.29, 0.717) is 17.6 Å². The molecule has 3 rings (SSSR count). The van der Waals surface area contributed by atoms with Crippen LogP contribution in [0.15, 0.2) is 63.8 Å². The Bertz CT molecular complexity index is 880. The first-order valence-electron chi connectivity index (χ1n) is 8.07. The number of carbonyl (C=O) groups excluding carboxylic acids is 1. The third-order valence-corrected chi connectivity index (χ3v) is 4.06. The first-order chi connectivity index (χ1) is 11.7. The van der Waals surface area contributed by atoms with Gasteiger partial charge in [0.05, 0.1) is 5.52 Å². The van der Waals surface area contributed by atoms with Gasteiger partial charge >= 0.3 is 11.8 Å². The quantitative estimate of drug-likeness (QED) is 0.675. The summed E-state index contributed by atoms with van der Waals surface area (Å²) >= 11 is 0. The summed E-state index contributed by atoms with van der Waals surface area (Å²) in [5.74, 6) is -0.641. The molecule has 0 saturated carbocycles. The zero-order valence-electron chi connectivity index (χ0n) is 13.6. The van der Waals surface area contributed by atoms with E-state index in [9.17, 15) is 9.59 Å². The number of unbranched alkanes of at least 4 members (excludes halogenated alkanes) is 1. The van der Waals surface area contributed by atoms with E-state index in [1.807, 2.05) is 18.2 Å². The van der Waals surface area contributed by atoms with Crippen molar-refractivity contribution in [3.8, 4) is 0 Å². The maximum absolute atomic E-state index is 12.5. The molecule has 0 saturated heterocycles. The van der Waals surface area contributed by atoms with Gasteiger partial charge in [0.25, 0.3) is 0 Å². The minimum atomic E-state index is -0.641. The fourth-order valence-electron chi connectivity index (χ4n) is 2.74. The average molecular weight is 324 g/mol. The van der Waals surface area contributed by atoms with Crippen molar-refractivity contribution in [2.45, 2.75) is 19.3 Å². The standard InChI is InChI=1S/C19H20N2O3/c1-20(14-8-7-11-15-9-3-2-4-10-15)18(22)21-16-12-5-6-13-17(16)24-19(21)23/h2-6,9-10,12-13H,7-8,11,14H2,1H3. The van der Waals surface area contributed by atoms with Crippen molar-refractivity contribution in [2.24, 2.45) is 0 Å².